The van der Waals surface area contributed by atoms with Gasteiger partial charge in [-0.2, -0.15) is 13.7 Å². The first-order valence-corrected chi connectivity index (χ1v) is 5.30. The van der Waals surface area contributed by atoms with Crippen molar-refractivity contribution in [1.82, 2.24) is 0 Å². The van der Waals surface area contributed by atoms with Gasteiger partial charge in [0.15, 0.2) is 0 Å². The van der Waals surface area contributed by atoms with E-state index in [-0.39, 0.29) is 4.90 Å². The molecule has 0 fully saturated rings. The monoisotopic (exact) mass is 222 g/mol. The molecular formula is C9H6N2O3S. The molecule has 0 aliphatic carbocycles. The summed E-state index contributed by atoms with van der Waals surface area (Å²) >= 11 is 0. The first kappa shape index (κ1) is 11.1. The summed E-state index contributed by atoms with van der Waals surface area (Å²) in [6.07, 6.45) is 0.977. The van der Waals surface area contributed by atoms with Crippen molar-refractivity contribution in [3.63, 3.8) is 0 Å². The first-order valence-electron chi connectivity index (χ1n) is 3.86. The van der Waals surface area contributed by atoms with Crippen LogP contribution in [-0.4, -0.2) is 14.5 Å². The van der Waals surface area contributed by atoms with E-state index in [0.717, 1.165) is 6.08 Å². The predicted octanol–water partition coefficient (Wildman–Crippen LogP) is 0.891. The number of hydrogen-bond donors (Lipinski definition) is 0. The van der Waals surface area contributed by atoms with E-state index in [1.165, 1.54) is 18.2 Å². The Labute approximate surface area is 86.7 Å². The summed E-state index contributed by atoms with van der Waals surface area (Å²) in [7, 11) is -3.97. The predicted molar refractivity (Wildman–Crippen MR) is 51.2 cm³/mol. The Morgan fingerprint density at radius 1 is 1.40 bits per heavy atom. The summed E-state index contributed by atoms with van der Waals surface area (Å²) in [5.74, 6) is 0. The molecule has 0 amide bonds. The van der Waals surface area contributed by atoms with E-state index in [9.17, 15) is 13.2 Å². The fourth-order valence-electron chi connectivity index (χ4n) is 1.02. The second-order valence-electron chi connectivity index (χ2n) is 2.75. The normalized spacial score (nSPS) is 10.1. The molecule has 0 aromatic heterocycles. The van der Waals surface area contributed by atoms with Crippen LogP contribution in [0.1, 0.15) is 11.1 Å². The van der Waals surface area contributed by atoms with Crippen LogP contribution in [0, 0.1) is 18.3 Å². The maximum Gasteiger partial charge on any atom is 0.292 e. The minimum atomic E-state index is -3.97. The first-order chi connectivity index (χ1) is 7.01. The SMILES string of the molecule is Cc1cc(S(=O)(=O)N=C=O)ccc1C#N. The van der Waals surface area contributed by atoms with Crippen molar-refractivity contribution in [2.24, 2.45) is 4.40 Å². The lowest BCUT2D eigenvalue weighted by molar-refractivity contribution is 0.563. The van der Waals surface area contributed by atoms with E-state index >= 15 is 0 Å². The molecule has 1 rings (SSSR count). The van der Waals surface area contributed by atoms with Crippen molar-refractivity contribution in [1.29, 1.82) is 5.26 Å². The molecule has 0 aliphatic rings. The molecule has 1 aromatic rings. The van der Waals surface area contributed by atoms with Crippen molar-refractivity contribution < 1.29 is 13.2 Å². The van der Waals surface area contributed by atoms with E-state index in [4.69, 9.17) is 5.26 Å². The highest BCUT2D eigenvalue weighted by molar-refractivity contribution is 7.90. The highest BCUT2D eigenvalue weighted by atomic mass is 32.2. The number of benzene rings is 1. The van der Waals surface area contributed by atoms with Crippen LogP contribution in [0.25, 0.3) is 0 Å². The van der Waals surface area contributed by atoms with Crippen LogP contribution in [0.4, 0.5) is 0 Å². The topological polar surface area (TPSA) is 87.4 Å². The average Bonchev–Trinajstić information content (AvgIpc) is 2.17. The molecule has 15 heavy (non-hydrogen) atoms. The molecule has 0 radical (unpaired) electrons. The fourth-order valence-corrected chi connectivity index (χ4v) is 1.79. The second kappa shape index (κ2) is 4.05. The van der Waals surface area contributed by atoms with Crippen molar-refractivity contribution in [3.05, 3.63) is 29.3 Å². The number of nitriles is 1. The molecule has 0 atom stereocenters. The van der Waals surface area contributed by atoms with Gasteiger partial charge in [0.05, 0.1) is 16.5 Å². The van der Waals surface area contributed by atoms with Crippen LogP contribution in [0.3, 0.4) is 0 Å². The Morgan fingerprint density at radius 2 is 2.07 bits per heavy atom. The summed E-state index contributed by atoms with van der Waals surface area (Å²) < 4.78 is 25.3. The number of isocyanates is 1. The van der Waals surface area contributed by atoms with Gasteiger partial charge in [-0.25, -0.2) is 4.79 Å². The maximum absolute atomic E-state index is 11.3. The second-order valence-corrected chi connectivity index (χ2v) is 4.35. The van der Waals surface area contributed by atoms with Gasteiger partial charge < -0.3 is 0 Å². The van der Waals surface area contributed by atoms with Gasteiger partial charge in [0.1, 0.15) is 0 Å². The van der Waals surface area contributed by atoms with E-state index in [1.807, 2.05) is 6.07 Å². The van der Waals surface area contributed by atoms with Gasteiger partial charge in [0.25, 0.3) is 16.1 Å². The molecule has 1 aromatic carbocycles. The summed E-state index contributed by atoms with van der Waals surface area (Å²) in [6, 6.07) is 5.78. The van der Waals surface area contributed by atoms with Crippen LogP contribution in [-0.2, 0) is 14.8 Å². The third kappa shape index (κ3) is 2.29. The Balaban J connectivity index is 3.38. The van der Waals surface area contributed by atoms with Crippen molar-refractivity contribution >= 4 is 16.1 Å². The summed E-state index contributed by atoms with van der Waals surface area (Å²) in [5, 5.41) is 8.63. The maximum atomic E-state index is 11.3. The van der Waals surface area contributed by atoms with Crippen LogP contribution >= 0.6 is 0 Å². The quantitative estimate of drug-likeness (QED) is 0.549. The molecule has 0 N–H and O–H groups in total. The zero-order chi connectivity index (χ0) is 11.5. The van der Waals surface area contributed by atoms with Crippen LogP contribution < -0.4 is 0 Å². The number of carbonyl (C=O) groups excluding carboxylic acids is 1. The summed E-state index contributed by atoms with van der Waals surface area (Å²) in [4.78, 5) is 9.76. The smallest absolute Gasteiger partial charge is 0.210 e. The van der Waals surface area contributed by atoms with Gasteiger partial charge in [-0.05, 0) is 30.7 Å². The summed E-state index contributed by atoms with van der Waals surface area (Å²) in [6.45, 7) is 1.60. The Hall–Kier alpha value is -1.96. The van der Waals surface area contributed by atoms with Crippen molar-refractivity contribution in [3.8, 4) is 6.07 Å². The molecule has 0 heterocycles. The van der Waals surface area contributed by atoms with E-state index in [2.05, 4.69) is 4.40 Å². The Morgan fingerprint density at radius 3 is 2.53 bits per heavy atom. The lowest BCUT2D eigenvalue weighted by atomic mass is 10.1. The average molecular weight is 222 g/mol. The molecule has 0 aliphatic heterocycles. The molecule has 6 heteroatoms. The highest BCUT2D eigenvalue weighted by Crippen LogP contribution is 2.16. The molecule has 0 saturated carbocycles. The molecule has 0 spiro atoms. The number of nitrogens with zero attached hydrogens (tertiary/aromatic N) is 2. The molecule has 5 nitrogen and oxygen atoms in total. The standard InChI is InChI=1S/C9H6N2O3S/c1-7-4-9(3-2-8(7)5-10)15(13,14)11-6-12/h2-4H,1H3. The molecule has 0 saturated heterocycles. The van der Waals surface area contributed by atoms with Crippen LogP contribution in [0.5, 0.6) is 0 Å². The zero-order valence-electron chi connectivity index (χ0n) is 7.76. The minimum absolute atomic E-state index is 0.123. The van der Waals surface area contributed by atoms with Crippen LogP contribution in [0.15, 0.2) is 27.5 Å². The molecule has 0 unspecified atom stereocenters. The number of hydrogen-bond acceptors (Lipinski definition) is 4. The number of rotatable bonds is 2. The van der Waals surface area contributed by atoms with Gasteiger partial charge in [0.2, 0.25) is 0 Å². The lowest BCUT2D eigenvalue weighted by Gasteiger charge is -1.99. The van der Waals surface area contributed by atoms with Gasteiger partial charge in [-0.15, -0.1) is 0 Å². The van der Waals surface area contributed by atoms with Gasteiger partial charge in [0, 0.05) is 0 Å². The highest BCUT2D eigenvalue weighted by Gasteiger charge is 2.13. The number of aryl methyl sites for hydroxylation is 1. The van der Waals surface area contributed by atoms with Gasteiger partial charge in [-0.3, -0.25) is 0 Å². The lowest BCUT2D eigenvalue weighted by Crippen LogP contribution is -1.97. The Kier molecular flexibility index (Phi) is 3.00. The zero-order valence-corrected chi connectivity index (χ0v) is 8.58. The van der Waals surface area contributed by atoms with Crippen molar-refractivity contribution in [2.75, 3.05) is 0 Å². The van der Waals surface area contributed by atoms with E-state index in [1.54, 1.807) is 6.92 Å². The third-order valence-electron chi connectivity index (χ3n) is 1.77. The molecule has 76 valence electrons. The summed E-state index contributed by atoms with van der Waals surface area (Å²) in [5.41, 5.74) is 0.892. The molecule has 0 bridgehead atoms. The molecular weight excluding hydrogens is 216 g/mol. The van der Waals surface area contributed by atoms with Crippen molar-refractivity contribution in [2.45, 2.75) is 11.8 Å². The van der Waals surface area contributed by atoms with Gasteiger partial charge >= 0.3 is 0 Å². The Bertz CT molecular complexity index is 578. The number of sulfonamides is 1. The van der Waals surface area contributed by atoms with Gasteiger partial charge in [-0.1, -0.05) is 4.40 Å². The third-order valence-corrected chi connectivity index (χ3v) is 2.94. The van der Waals surface area contributed by atoms with Crippen LogP contribution in [0.2, 0.25) is 0 Å². The largest absolute Gasteiger partial charge is 0.292 e. The fraction of sp³-hybridized carbons (Fsp3) is 0.111. The van der Waals surface area contributed by atoms with E-state index < -0.39 is 10.0 Å². The van der Waals surface area contributed by atoms with E-state index in [0.29, 0.717) is 11.1 Å². The minimum Gasteiger partial charge on any atom is -0.210 e.